The first-order chi connectivity index (χ1) is 10.2. The Kier molecular flexibility index (Phi) is 6.12. The van der Waals surface area contributed by atoms with E-state index in [4.69, 9.17) is 9.84 Å². The fraction of sp³-hybridized carbons (Fsp3) is 0.312. The summed E-state index contributed by atoms with van der Waals surface area (Å²) < 4.78 is 6.46. The molecule has 2 rings (SSSR count). The number of aryl methyl sites for hydroxylation is 1. The maximum Gasteiger partial charge on any atom is 0.150 e. The molecule has 0 radical (unpaired) electrons. The number of hydrogen-bond acceptors (Lipinski definition) is 5. The summed E-state index contributed by atoms with van der Waals surface area (Å²) in [5, 5.41) is 10.8. The fourth-order valence-electron chi connectivity index (χ4n) is 1.73. The second-order valence-electron chi connectivity index (χ2n) is 4.35. The van der Waals surface area contributed by atoms with Crippen LogP contribution in [0, 0.1) is 18.8 Å². The third-order valence-corrected chi connectivity index (χ3v) is 4.89. The first kappa shape index (κ1) is 15.9. The molecule has 1 heterocycles. The molecule has 110 valence electrons. The highest BCUT2D eigenvalue weighted by molar-refractivity contribution is 8.00. The van der Waals surface area contributed by atoms with Crippen molar-refractivity contribution in [2.75, 3.05) is 13.7 Å². The van der Waals surface area contributed by atoms with E-state index in [0.29, 0.717) is 6.42 Å². The third-order valence-electron chi connectivity index (χ3n) is 2.70. The maximum atomic E-state index is 8.76. The molecule has 0 atom stereocenters. The summed E-state index contributed by atoms with van der Waals surface area (Å²) in [5.74, 6) is 7.65. The van der Waals surface area contributed by atoms with Crippen LogP contribution in [0.5, 0.6) is 5.75 Å². The Labute approximate surface area is 133 Å². The average molecular weight is 319 g/mol. The van der Waals surface area contributed by atoms with Crippen LogP contribution in [-0.2, 0) is 5.75 Å². The lowest BCUT2D eigenvalue weighted by Gasteiger charge is -2.08. The number of thioether (sulfide) groups is 1. The summed E-state index contributed by atoms with van der Waals surface area (Å²) in [5.41, 5.74) is 3.10. The topological polar surface area (TPSA) is 42.4 Å². The Morgan fingerprint density at radius 2 is 2.29 bits per heavy atom. The molecule has 1 aromatic carbocycles. The molecule has 0 spiro atoms. The smallest absolute Gasteiger partial charge is 0.150 e. The van der Waals surface area contributed by atoms with Crippen molar-refractivity contribution in [3.8, 4) is 17.6 Å². The zero-order valence-electron chi connectivity index (χ0n) is 12.0. The van der Waals surface area contributed by atoms with Gasteiger partial charge in [-0.15, -0.1) is 11.3 Å². The van der Waals surface area contributed by atoms with Gasteiger partial charge in [0.15, 0.2) is 0 Å². The SMILES string of the molecule is COc1ccc(C#CCCO)cc1CSc1nc(C)cs1. The van der Waals surface area contributed by atoms with Crippen LogP contribution in [0.3, 0.4) is 0 Å². The molecule has 0 aliphatic carbocycles. The van der Waals surface area contributed by atoms with E-state index in [0.717, 1.165) is 32.7 Å². The minimum Gasteiger partial charge on any atom is -0.496 e. The highest BCUT2D eigenvalue weighted by atomic mass is 32.2. The average Bonchev–Trinajstić information content (AvgIpc) is 2.91. The minimum atomic E-state index is 0.0925. The molecule has 0 aliphatic heterocycles. The van der Waals surface area contributed by atoms with Crippen LogP contribution < -0.4 is 4.74 Å². The molecular formula is C16H17NO2S2. The van der Waals surface area contributed by atoms with Gasteiger partial charge in [0.2, 0.25) is 0 Å². The van der Waals surface area contributed by atoms with E-state index in [1.165, 1.54) is 0 Å². The third kappa shape index (κ3) is 4.78. The molecule has 0 aliphatic rings. The van der Waals surface area contributed by atoms with Crippen LogP contribution in [0.4, 0.5) is 0 Å². The molecule has 0 saturated carbocycles. The second-order valence-corrected chi connectivity index (χ2v) is 6.43. The normalized spacial score (nSPS) is 10.0. The van der Waals surface area contributed by atoms with Crippen molar-refractivity contribution >= 4 is 23.1 Å². The lowest BCUT2D eigenvalue weighted by atomic mass is 10.1. The van der Waals surface area contributed by atoms with Crippen molar-refractivity contribution in [3.05, 3.63) is 40.4 Å². The van der Waals surface area contributed by atoms with E-state index in [1.54, 1.807) is 30.2 Å². The number of rotatable bonds is 5. The van der Waals surface area contributed by atoms with E-state index in [2.05, 4.69) is 22.2 Å². The monoisotopic (exact) mass is 319 g/mol. The number of hydrogen-bond donors (Lipinski definition) is 1. The predicted molar refractivity (Wildman–Crippen MR) is 88.0 cm³/mol. The van der Waals surface area contributed by atoms with Gasteiger partial charge in [-0.25, -0.2) is 4.98 Å². The molecule has 1 N–H and O–H groups in total. The summed E-state index contributed by atoms with van der Waals surface area (Å²) in [6, 6.07) is 5.91. The molecule has 0 fully saturated rings. The standard InChI is InChI=1S/C16H17NO2S2/c1-12-10-20-16(17-12)21-11-14-9-13(5-3-4-8-18)6-7-15(14)19-2/h6-7,9-10,18H,4,8,11H2,1-2H3. The van der Waals surface area contributed by atoms with Gasteiger partial charge < -0.3 is 9.84 Å². The van der Waals surface area contributed by atoms with Crippen LogP contribution in [0.1, 0.15) is 23.2 Å². The number of nitrogens with zero attached hydrogens (tertiary/aromatic N) is 1. The van der Waals surface area contributed by atoms with Crippen molar-refractivity contribution in [3.63, 3.8) is 0 Å². The Morgan fingerprint density at radius 1 is 1.43 bits per heavy atom. The van der Waals surface area contributed by atoms with Gasteiger partial charge in [-0.05, 0) is 25.1 Å². The van der Waals surface area contributed by atoms with E-state index in [1.807, 2.05) is 25.1 Å². The number of methoxy groups -OCH3 is 1. The molecule has 5 heteroatoms. The van der Waals surface area contributed by atoms with Gasteiger partial charge >= 0.3 is 0 Å². The Bertz CT molecular complexity index is 656. The summed E-state index contributed by atoms with van der Waals surface area (Å²) in [4.78, 5) is 4.45. The number of aromatic nitrogens is 1. The highest BCUT2D eigenvalue weighted by Crippen LogP contribution is 2.30. The molecule has 1 aromatic heterocycles. The van der Waals surface area contributed by atoms with Gasteiger partial charge in [0.1, 0.15) is 10.1 Å². The lowest BCUT2D eigenvalue weighted by molar-refractivity contribution is 0.305. The van der Waals surface area contributed by atoms with Gasteiger partial charge in [-0.1, -0.05) is 23.6 Å². The molecule has 2 aromatic rings. The molecule has 0 unspecified atom stereocenters. The predicted octanol–water partition coefficient (Wildman–Crippen LogP) is 3.49. The lowest BCUT2D eigenvalue weighted by Crippen LogP contribution is -1.91. The van der Waals surface area contributed by atoms with E-state index in [-0.39, 0.29) is 6.61 Å². The largest absolute Gasteiger partial charge is 0.496 e. The number of benzene rings is 1. The highest BCUT2D eigenvalue weighted by Gasteiger charge is 2.06. The van der Waals surface area contributed by atoms with Gasteiger partial charge in [0, 0.05) is 34.4 Å². The number of thiazole rings is 1. The molecule has 3 nitrogen and oxygen atoms in total. The molecule has 21 heavy (non-hydrogen) atoms. The Hall–Kier alpha value is -1.48. The molecular weight excluding hydrogens is 302 g/mol. The van der Waals surface area contributed by atoms with Gasteiger partial charge in [-0.2, -0.15) is 0 Å². The second kappa shape index (κ2) is 8.08. The zero-order chi connectivity index (χ0) is 15.1. The summed E-state index contributed by atoms with van der Waals surface area (Å²) in [6.07, 6.45) is 0.495. The number of aliphatic hydroxyl groups is 1. The summed E-state index contributed by atoms with van der Waals surface area (Å²) in [7, 11) is 1.67. The van der Waals surface area contributed by atoms with Crippen LogP contribution in [0.25, 0.3) is 0 Å². The zero-order valence-corrected chi connectivity index (χ0v) is 13.7. The van der Waals surface area contributed by atoms with E-state index >= 15 is 0 Å². The Balaban J connectivity index is 2.12. The molecule has 0 bridgehead atoms. The first-order valence-electron chi connectivity index (χ1n) is 6.54. The summed E-state index contributed by atoms with van der Waals surface area (Å²) in [6.45, 7) is 2.09. The van der Waals surface area contributed by atoms with Crippen LogP contribution in [0.2, 0.25) is 0 Å². The van der Waals surface area contributed by atoms with Crippen molar-refractivity contribution in [2.45, 2.75) is 23.4 Å². The molecule has 0 amide bonds. The Morgan fingerprint density at radius 3 is 2.95 bits per heavy atom. The van der Waals surface area contributed by atoms with Crippen LogP contribution in [0.15, 0.2) is 27.9 Å². The maximum absolute atomic E-state index is 8.76. The van der Waals surface area contributed by atoms with E-state index < -0.39 is 0 Å². The van der Waals surface area contributed by atoms with Gasteiger partial charge in [0.25, 0.3) is 0 Å². The van der Waals surface area contributed by atoms with Crippen molar-refractivity contribution < 1.29 is 9.84 Å². The van der Waals surface area contributed by atoms with Crippen LogP contribution >= 0.6 is 23.1 Å². The molecule has 0 saturated heterocycles. The van der Waals surface area contributed by atoms with Crippen molar-refractivity contribution in [1.29, 1.82) is 0 Å². The quantitative estimate of drug-likeness (QED) is 0.677. The van der Waals surface area contributed by atoms with E-state index in [9.17, 15) is 0 Å². The minimum absolute atomic E-state index is 0.0925. The van der Waals surface area contributed by atoms with Crippen molar-refractivity contribution in [1.82, 2.24) is 4.98 Å². The van der Waals surface area contributed by atoms with Gasteiger partial charge in [-0.3, -0.25) is 0 Å². The van der Waals surface area contributed by atoms with Gasteiger partial charge in [0.05, 0.1) is 13.7 Å². The van der Waals surface area contributed by atoms with Crippen molar-refractivity contribution in [2.24, 2.45) is 0 Å². The fourth-order valence-corrected chi connectivity index (χ4v) is 3.55. The first-order valence-corrected chi connectivity index (χ1v) is 8.41. The number of ether oxygens (including phenoxy) is 1. The van der Waals surface area contributed by atoms with Crippen LogP contribution in [-0.4, -0.2) is 23.8 Å². The summed E-state index contributed by atoms with van der Waals surface area (Å²) >= 11 is 3.36. The number of aliphatic hydroxyl groups excluding tert-OH is 1.